The summed E-state index contributed by atoms with van der Waals surface area (Å²) < 4.78 is 0. The first-order valence-electron chi connectivity index (χ1n) is 8.43. The van der Waals surface area contributed by atoms with Gasteiger partial charge < -0.3 is 10.3 Å². The number of amides is 1. The number of hydrogen-bond acceptors (Lipinski definition) is 3. The van der Waals surface area contributed by atoms with Crippen LogP contribution in [0.3, 0.4) is 0 Å². The highest BCUT2D eigenvalue weighted by Crippen LogP contribution is 2.25. The molecule has 0 atom stereocenters. The maximum absolute atomic E-state index is 12.8. The van der Waals surface area contributed by atoms with Crippen LogP contribution in [0.15, 0.2) is 53.5 Å². The van der Waals surface area contributed by atoms with Crippen LogP contribution in [0.25, 0.3) is 21.8 Å². The number of carbonyl (C=O) groups excluding carboxylic acids is 1. The van der Waals surface area contributed by atoms with E-state index in [0.29, 0.717) is 21.6 Å². The van der Waals surface area contributed by atoms with Crippen molar-refractivity contribution in [2.75, 3.05) is 5.32 Å². The molecule has 0 saturated heterocycles. The van der Waals surface area contributed by atoms with Gasteiger partial charge in [-0.15, -0.1) is 0 Å². The summed E-state index contributed by atoms with van der Waals surface area (Å²) in [4.78, 5) is 33.0. The molecule has 5 nitrogen and oxygen atoms in total. The third-order valence-corrected chi connectivity index (χ3v) is 4.66. The van der Waals surface area contributed by atoms with Crippen LogP contribution < -0.4 is 10.7 Å². The van der Waals surface area contributed by atoms with E-state index < -0.39 is 5.91 Å². The first-order chi connectivity index (χ1) is 12.9. The van der Waals surface area contributed by atoms with Gasteiger partial charge in [0.15, 0.2) is 0 Å². The van der Waals surface area contributed by atoms with Crippen LogP contribution >= 0.6 is 11.6 Å². The quantitative estimate of drug-likeness (QED) is 0.536. The van der Waals surface area contributed by atoms with Crippen LogP contribution in [0.5, 0.6) is 0 Å². The molecule has 2 aromatic carbocycles. The lowest BCUT2D eigenvalue weighted by Crippen LogP contribution is -2.22. The van der Waals surface area contributed by atoms with Gasteiger partial charge in [-0.1, -0.05) is 23.2 Å². The molecule has 2 N–H and O–H groups in total. The lowest BCUT2D eigenvalue weighted by atomic mass is 10.1. The zero-order chi connectivity index (χ0) is 19.1. The van der Waals surface area contributed by atoms with Gasteiger partial charge in [-0.3, -0.25) is 14.6 Å². The van der Waals surface area contributed by atoms with Gasteiger partial charge in [-0.2, -0.15) is 0 Å². The molecule has 27 heavy (non-hydrogen) atoms. The second-order valence-electron chi connectivity index (χ2n) is 6.51. The second-order valence-corrected chi connectivity index (χ2v) is 6.94. The van der Waals surface area contributed by atoms with Gasteiger partial charge in [0, 0.05) is 33.2 Å². The number of pyridine rings is 2. The van der Waals surface area contributed by atoms with Crippen LogP contribution in [-0.2, 0) is 0 Å². The van der Waals surface area contributed by atoms with E-state index in [1.165, 1.54) is 6.20 Å². The molecule has 0 aliphatic heterocycles. The Morgan fingerprint density at radius 2 is 1.89 bits per heavy atom. The molecule has 134 valence electrons. The van der Waals surface area contributed by atoms with Crippen molar-refractivity contribution in [2.45, 2.75) is 13.8 Å². The molecule has 0 bridgehead atoms. The smallest absolute Gasteiger partial charge is 0.261 e. The Morgan fingerprint density at radius 1 is 1.07 bits per heavy atom. The number of H-pyrrole nitrogens is 1. The molecule has 0 spiro atoms. The number of carbonyl (C=O) groups is 1. The van der Waals surface area contributed by atoms with Gasteiger partial charge in [-0.05, 0) is 50.2 Å². The molecule has 0 radical (unpaired) electrons. The zero-order valence-corrected chi connectivity index (χ0v) is 15.5. The SMILES string of the molecule is Cc1ccc2nc(C)cc(NC(=O)c3c[nH]c4ccc(Cl)cc4c3=O)c2c1. The fourth-order valence-corrected chi connectivity index (χ4v) is 3.30. The fraction of sp³-hybridized carbons (Fsp3) is 0.0952. The highest BCUT2D eigenvalue weighted by atomic mass is 35.5. The van der Waals surface area contributed by atoms with Gasteiger partial charge in [0.1, 0.15) is 5.56 Å². The Morgan fingerprint density at radius 3 is 2.70 bits per heavy atom. The number of rotatable bonds is 2. The number of nitrogens with zero attached hydrogens (tertiary/aromatic N) is 1. The lowest BCUT2D eigenvalue weighted by molar-refractivity contribution is 0.102. The summed E-state index contributed by atoms with van der Waals surface area (Å²) in [5, 5.41) is 4.50. The standard InChI is InChI=1S/C21H16ClN3O2/c1-11-3-5-18-14(7-11)19(8-12(2)24-18)25-21(27)16-10-23-17-6-4-13(22)9-15(17)20(16)26/h3-10H,1-2H3,(H,23,26)(H,24,25,27). The molecule has 0 saturated carbocycles. The predicted molar refractivity (Wildman–Crippen MR) is 109 cm³/mol. The Balaban J connectivity index is 1.80. The van der Waals surface area contributed by atoms with E-state index in [2.05, 4.69) is 15.3 Å². The van der Waals surface area contributed by atoms with E-state index in [0.717, 1.165) is 22.2 Å². The van der Waals surface area contributed by atoms with Gasteiger partial charge in [0.2, 0.25) is 5.43 Å². The molecule has 0 fully saturated rings. The molecule has 0 aliphatic carbocycles. The van der Waals surface area contributed by atoms with Gasteiger partial charge >= 0.3 is 0 Å². The van der Waals surface area contributed by atoms with Crippen molar-refractivity contribution in [1.29, 1.82) is 0 Å². The first-order valence-corrected chi connectivity index (χ1v) is 8.80. The predicted octanol–water partition coefficient (Wildman–Crippen LogP) is 4.60. The zero-order valence-electron chi connectivity index (χ0n) is 14.8. The Kier molecular flexibility index (Phi) is 4.16. The molecule has 0 unspecified atom stereocenters. The van der Waals surface area contributed by atoms with E-state index in [4.69, 9.17) is 11.6 Å². The van der Waals surface area contributed by atoms with Gasteiger partial charge in [0.05, 0.1) is 11.2 Å². The van der Waals surface area contributed by atoms with Gasteiger partial charge in [-0.25, -0.2) is 0 Å². The van der Waals surface area contributed by atoms with Crippen molar-refractivity contribution in [3.63, 3.8) is 0 Å². The minimum atomic E-state index is -0.480. The molecule has 0 aliphatic rings. The first kappa shape index (κ1) is 17.2. The Bertz CT molecular complexity index is 1280. The molecule has 4 rings (SSSR count). The number of aromatic nitrogens is 2. The van der Waals surface area contributed by atoms with Crippen LogP contribution in [0.4, 0.5) is 5.69 Å². The molecule has 2 aromatic heterocycles. The number of aryl methyl sites for hydroxylation is 2. The summed E-state index contributed by atoms with van der Waals surface area (Å²) in [6, 6.07) is 12.6. The maximum Gasteiger partial charge on any atom is 0.261 e. The second kappa shape index (κ2) is 6.52. The van der Waals surface area contributed by atoms with Crippen molar-refractivity contribution in [3.8, 4) is 0 Å². The van der Waals surface area contributed by atoms with E-state index in [9.17, 15) is 9.59 Å². The summed E-state index contributed by atoms with van der Waals surface area (Å²) in [6.07, 6.45) is 1.43. The third-order valence-electron chi connectivity index (χ3n) is 4.43. The summed E-state index contributed by atoms with van der Waals surface area (Å²) >= 11 is 5.99. The van der Waals surface area contributed by atoms with Crippen molar-refractivity contribution in [2.24, 2.45) is 0 Å². The summed E-state index contributed by atoms with van der Waals surface area (Å²) in [7, 11) is 0. The van der Waals surface area contributed by atoms with Crippen molar-refractivity contribution in [3.05, 3.63) is 80.7 Å². The highest BCUT2D eigenvalue weighted by Gasteiger charge is 2.15. The number of aromatic amines is 1. The Labute approximate surface area is 160 Å². The average molecular weight is 378 g/mol. The largest absolute Gasteiger partial charge is 0.360 e. The van der Waals surface area contributed by atoms with Crippen LogP contribution in [0.2, 0.25) is 5.02 Å². The fourth-order valence-electron chi connectivity index (χ4n) is 3.12. The summed E-state index contributed by atoms with van der Waals surface area (Å²) in [5.41, 5.74) is 3.53. The van der Waals surface area contributed by atoms with Crippen molar-refractivity contribution in [1.82, 2.24) is 9.97 Å². The molecule has 2 heterocycles. The van der Waals surface area contributed by atoms with Gasteiger partial charge in [0.25, 0.3) is 5.91 Å². The molecular formula is C21H16ClN3O2. The van der Waals surface area contributed by atoms with Crippen molar-refractivity contribution >= 4 is 45.0 Å². The van der Waals surface area contributed by atoms with Crippen LogP contribution in [0, 0.1) is 13.8 Å². The number of benzene rings is 2. The van der Waals surface area contributed by atoms with E-state index in [-0.39, 0.29) is 11.0 Å². The molecule has 4 aromatic rings. The molecule has 1 amide bonds. The Hall–Kier alpha value is -3.18. The number of hydrogen-bond donors (Lipinski definition) is 2. The topological polar surface area (TPSA) is 74.8 Å². The van der Waals surface area contributed by atoms with Crippen LogP contribution in [-0.4, -0.2) is 15.9 Å². The normalized spacial score (nSPS) is 11.1. The summed E-state index contributed by atoms with van der Waals surface area (Å²) in [6.45, 7) is 3.84. The van der Waals surface area contributed by atoms with Crippen LogP contribution in [0.1, 0.15) is 21.6 Å². The number of nitrogens with one attached hydrogen (secondary N) is 2. The van der Waals surface area contributed by atoms with Crippen molar-refractivity contribution < 1.29 is 4.79 Å². The van der Waals surface area contributed by atoms with E-state index >= 15 is 0 Å². The maximum atomic E-state index is 12.8. The van der Waals surface area contributed by atoms with E-state index in [1.54, 1.807) is 24.3 Å². The monoisotopic (exact) mass is 377 g/mol. The molecule has 6 heteroatoms. The minimum Gasteiger partial charge on any atom is -0.360 e. The number of anilines is 1. The third kappa shape index (κ3) is 3.17. The molecular weight excluding hydrogens is 362 g/mol. The summed E-state index contributed by atoms with van der Waals surface area (Å²) in [5.74, 6) is -0.480. The minimum absolute atomic E-state index is 0.0278. The number of fused-ring (bicyclic) bond motifs is 2. The average Bonchev–Trinajstić information content (AvgIpc) is 2.63. The number of halogens is 1. The highest BCUT2D eigenvalue weighted by molar-refractivity contribution is 6.31. The van der Waals surface area contributed by atoms with E-state index in [1.807, 2.05) is 32.0 Å². The lowest BCUT2D eigenvalue weighted by Gasteiger charge is -2.11.